The Hall–Kier alpha value is -1.19. The Labute approximate surface area is 53.7 Å². The molecule has 4 nitrogen and oxygen atoms in total. The summed E-state index contributed by atoms with van der Waals surface area (Å²) in [6.07, 6.45) is 1.62. The molecule has 0 unspecified atom stereocenters. The van der Waals surface area contributed by atoms with Gasteiger partial charge >= 0.3 is 0 Å². The third-order valence-corrected chi connectivity index (χ3v) is 1.20. The molecule has 3 N–H and O–H groups in total. The van der Waals surface area contributed by atoms with E-state index in [-0.39, 0.29) is 0 Å². The molecule has 9 heavy (non-hydrogen) atoms. The maximum atomic E-state index is 5.51. The predicted octanol–water partition coefficient (Wildman–Crippen LogP) is 0.0440. The molecular weight excluding hydrogens is 116 g/mol. The highest BCUT2D eigenvalue weighted by Crippen LogP contribution is 2.13. The second-order valence-corrected chi connectivity index (χ2v) is 1.82. The van der Waals surface area contributed by atoms with Crippen LogP contribution in [0.15, 0.2) is 6.20 Å². The number of hydrogen-bond donors (Lipinski definition) is 2. The number of aryl methyl sites for hydroxylation is 1. The molecule has 0 aliphatic rings. The second kappa shape index (κ2) is 1.97. The molecule has 4 heteroatoms. The zero-order chi connectivity index (χ0) is 6.85. The predicted molar refractivity (Wildman–Crippen MR) is 37.2 cm³/mol. The van der Waals surface area contributed by atoms with Crippen molar-refractivity contribution in [3.63, 3.8) is 0 Å². The second-order valence-electron chi connectivity index (χ2n) is 1.82. The van der Waals surface area contributed by atoms with Crippen molar-refractivity contribution in [2.45, 2.75) is 0 Å². The Morgan fingerprint density at radius 2 is 2.44 bits per heavy atom. The van der Waals surface area contributed by atoms with Crippen LogP contribution in [0.2, 0.25) is 0 Å². The van der Waals surface area contributed by atoms with Gasteiger partial charge in [-0.15, -0.1) is 0 Å². The first-order chi connectivity index (χ1) is 4.25. The van der Waals surface area contributed by atoms with Crippen molar-refractivity contribution in [3.8, 4) is 0 Å². The van der Waals surface area contributed by atoms with E-state index in [4.69, 9.17) is 5.73 Å². The van der Waals surface area contributed by atoms with Crippen LogP contribution >= 0.6 is 0 Å². The number of rotatable bonds is 1. The van der Waals surface area contributed by atoms with E-state index < -0.39 is 0 Å². The quantitative estimate of drug-likeness (QED) is 0.558. The van der Waals surface area contributed by atoms with Gasteiger partial charge in [-0.2, -0.15) is 5.10 Å². The summed E-state index contributed by atoms with van der Waals surface area (Å²) in [5.41, 5.74) is 6.19. The van der Waals surface area contributed by atoms with Gasteiger partial charge in [0.15, 0.2) is 0 Å². The summed E-state index contributed by atoms with van der Waals surface area (Å²) >= 11 is 0. The number of aromatic nitrogens is 2. The van der Waals surface area contributed by atoms with Crippen molar-refractivity contribution in [1.82, 2.24) is 9.78 Å². The van der Waals surface area contributed by atoms with Gasteiger partial charge in [0.2, 0.25) is 0 Å². The van der Waals surface area contributed by atoms with Crippen LogP contribution in [-0.2, 0) is 7.05 Å². The van der Waals surface area contributed by atoms with Crippen LogP contribution in [0.3, 0.4) is 0 Å². The van der Waals surface area contributed by atoms with Crippen LogP contribution in [0.4, 0.5) is 11.5 Å². The molecule has 0 aromatic carbocycles. The van der Waals surface area contributed by atoms with E-state index in [1.165, 1.54) is 0 Å². The van der Waals surface area contributed by atoms with Crippen LogP contribution in [0.1, 0.15) is 0 Å². The van der Waals surface area contributed by atoms with Crippen LogP contribution in [0.5, 0.6) is 0 Å². The molecule has 0 atom stereocenters. The fourth-order valence-electron chi connectivity index (χ4n) is 0.761. The molecule has 0 saturated heterocycles. The van der Waals surface area contributed by atoms with Gasteiger partial charge in [0, 0.05) is 14.1 Å². The van der Waals surface area contributed by atoms with E-state index in [2.05, 4.69) is 10.4 Å². The molecule has 0 aliphatic heterocycles. The molecule has 0 fully saturated rings. The van der Waals surface area contributed by atoms with Gasteiger partial charge in [-0.1, -0.05) is 0 Å². The van der Waals surface area contributed by atoms with Gasteiger partial charge in [0.05, 0.1) is 11.9 Å². The number of nitrogen functional groups attached to an aromatic ring is 1. The Morgan fingerprint density at radius 3 is 2.67 bits per heavy atom. The van der Waals surface area contributed by atoms with Crippen LogP contribution in [0.25, 0.3) is 0 Å². The Balaban J connectivity index is 3.07. The molecular formula is C5H10N4. The van der Waals surface area contributed by atoms with Crippen molar-refractivity contribution in [2.75, 3.05) is 18.1 Å². The summed E-state index contributed by atoms with van der Waals surface area (Å²) in [4.78, 5) is 0. The summed E-state index contributed by atoms with van der Waals surface area (Å²) in [5.74, 6) is 0.856. The monoisotopic (exact) mass is 126 g/mol. The first-order valence-corrected chi connectivity index (χ1v) is 2.71. The van der Waals surface area contributed by atoms with E-state index in [0.29, 0.717) is 5.69 Å². The fourth-order valence-corrected chi connectivity index (χ4v) is 0.761. The van der Waals surface area contributed by atoms with Gasteiger partial charge in [0.1, 0.15) is 5.82 Å². The molecule has 0 radical (unpaired) electrons. The summed E-state index contributed by atoms with van der Waals surface area (Å²) in [6.45, 7) is 0. The minimum atomic E-state index is 0.681. The highest BCUT2D eigenvalue weighted by atomic mass is 15.3. The summed E-state index contributed by atoms with van der Waals surface area (Å²) in [5, 5.41) is 6.84. The van der Waals surface area contributed by atoms with Crippen LogP contribution < -0.4 is 11.1 Å². The summed E-state index contributed by atoms with van der Waals surface area (Å²) < 4.78 is 1.69. The lowest BCUT2D eigenvalue weighted by Gasteiger charge is -1.99. The zero-order valence-corrected chi connectivity index (χ0v) is 5.55. The zero-order valence-electron chi connectivity index (χ0n) is 5.55. The third kappa shape index (κ3) is 0.826. The summed E-state index contributed by atoms with van der Waals surface area (Å²) in [7, 11) is 3.65. The fraction of sp³-hybridized carbons (Fsp3) is 0.400. The first-order valence-electron chi connectivity index (χ1n) is 2.71. The lowest BCUT2D eigenvalue weighted by molar-refractivity contribution is 0.775. The highest BCUT2D eigenvalue weighted by molar-refractivity contribution is 5.59. The first kappa shape index (κ1) is 5.94. The third-order valence-electron chi connectivity index (χ3n) is 1.20. The highest BCUT2D eigenvalue weighted by Gasteiger charge is 1.99. The van der Waals surface area contributed by atoms with Gasteiger partial charge in [0.25, 0.3) is 0 Å². The van der Waals surface area contributed by atoms with Gasteiger partial charge in [-0.25, -0.2) is 0 Å². The van der Waals surface area contributed by atoms with Gasteiger partial charge in [-0.3, -0.25) is 4.68 Å². The van der Waals surface area contributed by atoms with Crippen LogP contribution in [0, 0.1) is 0 Å². The van der Waals surface area contributed by atoms with Gasteiger partial charge < -0.3 is 11.1 Å². The SMILES string of the molecule is CNc1c(N)cnn1C. The topological polar surface area (TPSA) is 55.9 Å². The Morgan fingerprint density at radius 1 is 1.78 bits per heavy atom. The normalized spacial score (nSPS) is 9.56. The van der Waals surface area contributed by atoms with Gasteiger partial charge in [-0.05, 0) is 0 Å². The number of nitrogens with two attached hydrogens (primary N) is 1. The van der Waals surface area contributed by atoms with E-state index in [0.717, 1.165) is 5.82 Å². The number of nitrogens with zero attached hydrogens (tertiary/aromatic N) is 2. The smallest absolute Gasteiger partial charge is 0.147 e. The van der Waals surface area contributed by atoms with E-state index in [1.54, 1.807) is 10.9 Å². The minimum Gasteiger partial charge on any atom is -0.394 e. The van der Waals surface area contributed by atoms with E-state index in [9.17, 15) is 0 Å². The average molecular weight is 126 g/mol. The summed E-state index contributed by atoms with van der Waals surface area (Å²) in [6, 6.07) is 0. The van der Waals surface area contributed by atoms with Crippen molar-refractivity contribution in [2.24, 2.45) is 7.05 Å². The largest absolute Gasteiger partial charge is 0.394 e. The number of nitrogens with one attached hydrogen (secondary N) is 1. The molecule has 1 aromatic heterocycles. The van der Waals surface area contributed by atoms with Crippen molar-refractivity contribution < 1.29 is 0 Å². The maximum Gasteiger partial charge on any atom is 0.147 e. The van der Waals surface area contributed by atoms with Crippen molar-refractivity contribution in [3.05, 3.63) is 6.20 Å². The Bertz CT molecular complexity index is 183. The molecule has 0 bridgehead atoms. The molecule has 0 spiro atoms. The lowest BCUT2D eigenvalue weighted by Crippen LogP contribution is -2.00. The number of hydrogen-bond acceptors (Lipinski definition) is 3. The minimum absolute atomic E-state index is 0.681. The van der Waals surface area contributed by atoms with Crippen molar-refractivity contribution in [1.29, 1.82) is 0 Å². The molecule has 1 aromatic rings. The standard InChI is InChI=1S/C5H10N4/c1-7-5-4(6)3-8-9(5)2/h3,7H,6H2,1-2H3. The average Bonchev–Trinajstić information content (AvgIpc) is 2.12. The molecule has 50 valence electrons. The number of anilines is 2. The lowest BCUT2D eigenvalue weighted by atomic mass is 10.5. The molecule has 1 rings (SSSR count). The molecule has 0 aliphatic carbocycles. The van der Waals surface area contributed by atoms with E-state index >= 15 is 0 Å². The Kier molecular flexibility index (Phi) is 1.30. The molecule has 0 saturated carbocycles. The van der Waals surface area contributed by atoms with E-state index in [1.807, 2.05) is 14.1 Å². The molecule has 0 amide bonds. The maximum absolute atomic E-state index is 5.51. The molecule has 1 heterocycles. The van der Waals surface area contributed by atoms with Crippen LogP contribution in [-0.4, -0.2) is 16.8 Å². The van der Waals surface area contributed by atoms with Crippen molar-refractivity contribution >= 4 is 11.5 Å².